The number of benzene rings is 1. The SMILES string of the molecule is Cl.NCCC(=O)NCC1CCCCN1C(=O)CCOCc1ccccc1. The van der Waals surface area contributed by atoms with E-state index in [1.807, 2.05) is 35.2 Å². The highest BCUT2D eigenvalue weighted by Crippen LogP contribution is 2.17. The van der Waals surface area contributed by atoms with Crippen molar-refractivity contribution >= 4 is 24.2 Å². The molecule has 1 saturated heterocycles. The minimum atomic E-state index is -0.0494. The monoisotopic (exact) mass is 383 g/mol. The van der Waals surface area contributed by atoms with Gasteiger partial charge >= 0.3 is 0 Å². The van der Waals surface area contributed by atoms with Crippen molar-refractivity contribution in [1.29, 1.82) is 0 Å². The molecule has 6 nitrogen and oxygen atoms in total. The van der Waals surface area contributed by atoms with Crippen LogP contribution in [0.1, 0.15) is 37.7 Å². The first kappa shape index (κ1) is 22.4. The van der Waals surface area contributed by atoms with Gasteiger partial charge in [-0.1, -0.05) is 30.3 Å². The third kappa shape index (κ3) is 7.72. The molecule has 0 saturated carbocycles. The third-order valence-corrected chi connectivity index (χ3v) is 4.43. The molecule has 0 bridgehead atoms. The molecule has 1 atom stereocenters. The smallest absolute Gasteiger partial charge is 0.225 e. The van der Waals surface area contributed by atoms with Crippen LogP contribution in [-0.4, -0.2) is 49.0 Å². The number of ether oxygens (including phenoxy) is 1. The second kappa shape index (κ2) is 12.7. The number of hydrogen-bond acceptors (Lipinski definition) is 4. The molecule has 0 radical (unpaired) electrons. The molecule has 1 aliphatic heterocycles. The van der Waals surface area contributed by atoms with Crippen LogP contribution in [0.4, 0.5) is 0 Å². The van der Waals surface area contributed by atoms with E-state index in [2.05, 4.69) is 5.32 Å². The third-order valence-electron chi connectivity index (χ3n) is 4.43. The van der Waals surface area contributed by atoms with E-state index in [1.165, 1.54) is 0 Å². The molecule has 3 N–H and O–H groups in total. The van der Waals surface area contributed by atoms with Crippen LogP contribution in [0.25, 0.3) is 0 Å². The molecule has 1 aromatic carbocycles. The van der Waals surface area contributed by atoms with Crippen LogP contribution in [0.2, 0.25) is 0 Å². The Hall–Kier alpha value is -1.63. The number of nitrogens with one attached hydrogen (secondary N) is 1. The number of halogens is 1. The summed E-state index contributed by atoms with van der Waals surface area (Å²) in [6, 6.07) is 10.0. The topological polar surface area (TPSA) is 84.7 Å². The number of rotatable bonds is 9. The number of carbonyl (C=O) groups excluding carboxylic acids is 2. The molecule has 1 aromatic rings. The zero-order valence-electron chi connectivity index (χ0n) is 15.2. The highest BCUT2D eigenvalue weighted by Gasteiger charge is 2.26. The first-order chi connectivity index (χ1) is 12.2. The van der Waals surface area contributed by atoms with Gasteiger partial charge in [0.15, 0.2) is 0 Å². The van der Waals surface area contributed by atoms with Crippen LogP contribution >= 0.6 is 12.4 Å². The zero-order chi connectivity index (χ0) is 17.9. The first-order valence-corrected chi connectivity index (χ1v) is 9.08. The summed E-state index contributed by atoms with van der Waals surface area (Å²) in [7, 11) is 0. The van der Waals surface area contributed by atoms with E-state index in [1.54, 1.807) is 0 Å². The average Bonchev–Trinajstić information content (AvgIpc) is 2.65. The van der Waals surface area contributed by atoms with E-state index >= 15 is 0 Å². The van der Waals surface area contributed by atoms with Crippen LogP contribution in [0, 0.1) is 0 Å². The van der Waals surface area contributed by atoms with Gasteiger partial charge in [0.1, 0.15) is 0 Å². The van der Waals surface area contributed by atoms with Gasteiger partial charge in [-0.3, -0.25) is 9.59 Å². The molecule has 2 amide bonds. The van der Waals surface area contributed by atoms with E-state index in [0.717, 1.165) is 31.4 Å². The molecule has 0 aliphatic carbocycles. The standard InChI is InChI=1S/C19H29N3O3.ClH/c20-11-9-18(23)21-14-17-8-4-5-12-22(17)19(24)10-13-25-15-16-6-2-1-3-7-16;/h1-3,6-7,17H,4-5,8-15,20H2,(H,21,23);1H. The van der Waals surface area contributed by atoms with Crippen LogP contribution in [0.3, 0.4) is 0 Å². The summed E-state index contributed by atoms with van der Waals surface area (Å²) >= 11 is 0. The Labute approximate surface area is 161 Å². The lowest BCUT2D eigenvalue weighted by atomic mass is 10.0. The maximum absolute atomic E-state index is 12.5. The molecule has 1 heterocycles. The van der Waals surface area contributed by atoms with Crippen molar-refractivity contribution in [3.8, 4) is 0 Å². The van der Waals surface area contributed by atoms with Gasteiger partial charge < -0.3 is 20.7 Å². The molecule has 26 heavy (non-hydrogen) atoms. The molecule has 2 rings (SSSR count). The Morgan fingerprint density at radius 2 is 1.96 bits per heavy atom. The first-order valence-electron chi connectivity index (χ1n) is 9.08. The molecule has 7 heteroatoms. The summed E-state index contributed by atoms with van der Waals surface area (Å²) in [5.41, 5.74) is 6.49. The summed E-state index contributed by atoms with van der Waals surface area (Å²) < 4.78 is 5.62. The number of carbonyl (C=O) groups is 2. The van der Waals surface area contributed by atoms with Crippen molar-refractivity contribution in [3.05, 3.63) is 35.9 Å². The van der Waals surface area contributed by atoms with Gasteiger partial charge in [-0.2, -0.15) is 0 Å². The van der Waals surface area contributed by atoms with Gasteiger partial charge in [0.2, 0.25) is 11.8 Å². The van der Waals surface area contributed by atoms with Crippen molar-refractivity contribution in [1.82, 2.24) is 10.2 Å². The van der Waals surface area contributed by atoms with Gasteiger partial charge in [-0.15, -0.1) is 12.4 Å². The fourth-order valence-electron chi connectivity index (χ4n) is 3.06. The largest absolute Gasteiger partial charge is 0.376 e. The lowest BCUT2D eigenvalue weighted by Gasteiger charge is -2.36. The van der Waals surface area contributed by atoms with Crippen molar-refractivity contribution < 1.29 is 14.3 Å². The van der Waals surface area contributed by atoms with Crippen molar-refractivity contribution in [2.24, 2.45) is 5.73 Å². The molecule has 1 unspecified atom stereocenters. The van der Waals surface area contributed by atoms with Gasteiger partial charge in [0, 0.05) is 32.1 Å². The van der Waals surface area contributed by atoms with Gasteiger partial charge in [-0.25, -0.2) is 0 Å². The van der Waals surface area contributed by atoms with Crippen LogP contribution in [-0.2, 0) is 20.9 Å². The second-order valence-electron chi connectivity index (χ2n) is 6.37. The molecular formula is C19H30ClN3O3. The van der Waals surface area contributed by atoms with Crippen LogP contribution in [0.5, 0.6) is 0 Å². The minimum Gasteiger partial charge on any atom is -0.376 e. The van der Waals surface area contributed by atoms with E-state index in [9.17, 15) is 9.59 Å². The molecule has 1 fully saturated rings. The predicted octanol–water partition coefficient (Wildman–Crippen LogP) is 1.86. The normalized spacial score (nSPS) is 16.7. The van der Waals surface area contributed by atoms with Gasteiger partial charge in [0.25, 0.3) is 0 Å². The number of hydrogen-bond donors (Lipinski definition) is 2. The summed E-state index contributed by atoms with van der Waals surface area (Å²) in [6.07, 6.45) is 3.74. The number of nitrogens with two attached hydrogens (primary N) is 1. The molecule has 0 spiro atoms. The number of likely N-dealkylation sites (tertiary alicyclic amines) is 1. The van der Waals surface area contributed by atoms with Gasteiger partial charge in [0.05, 0.1) is 19.6 Å². The molecular weight excluding hydrogens is 354 g/mol. The maximum atomic E-state index is 12.5. The predicted molar refractivity (Wildman–Crippen MR) is 104 cm³/mol. The number of piperidine rings is 1. The quantitative estimate of drug-likeness (QED) is 0.637. The summed E-state index contributed by atoms with van der Waals surface area (Å²) in [5.74, 6) is 0.0532. The van der Waals surface area contributed by atoms with E-state index in [-0.39, 0.29) is 30.3 Å². The van der Waals surface area contributed by atoms with Crippen molar-refractivity contribution in [3.63, 3.8) is 0 Å². The van der Waals surface area contributed by atoms with E-state index < -0.39 is 0 Å². The fraction of sp³-hybridized carbons (Fsp3) is 0.579. The summed E-state index contributed by atoms with van der Waals surface area (Å²) in [4.78, 5) is 26.0. The fourth-order valence-corrected chi connectivity index (χ4v) is 3.06. The maximum Gasteiger partial charge on any atom is 0.225 e. The Morgan fingerprint density at radius 3 is 2.69 bits per heavy atom. The van der Waals surface area contributed by atoms with E-state index in [0.29, 0.717) is 39.1 Å². The molecule has 1 aliphatic rings. The Bertz CT molecular complexity index is 542. The highest BCUT2D eigenvalue weighted by atomic mass is 35.5. The highest BCUT2D eigenvalue weighted by molar-refractivity contribution is 5.85. The Balaban J connectivity index is 0.00000338. The van der Waals surface area contributed by atoms with Crippen LogP contribution < -0.4 is 11.1 Å². The number of amides is 2. The number of nitrogens with zero attached hydrogens (tertiary/aromatic N) is 1. The molecule has 146 valence electrons. The Kier molecular flexibility index (Phi) is 10.9. The van der Waals surface area contributed by atoms with Crippen LogP contribution in [0.15, 0.2) is 30.3 Å². The average molecular weight is 384 g/mol. The lowest BCUT2D eigenvalue weighted by Crippen LogP contribution is -2.49. The lowest BCUT2D eigenvalue weighted by molar-refractivity contribution is -0.136. The van der Waals surface area contributed by atoms with Gasteiger partial charge in [-0.05, 0) is 24.8 Å². The minimum absolute atomic E-state index is 0. The Morgan fingerprint density at radius 1 is 1.19 bits per heavy atom. The molecule has 0 aromatic heterocycles. The summed E-state index contributed by atoms with van der Waals surface area (Å²) in [6.45, 7) is 2.55. The second-order valence-corrected chi connectivity index (χ2v) is 6.37. The van der Waals surface area contributed by atoms with E-state index in [4.69, 9.17) is 10.5 Å². The van der Waals surface area contributed by atoms with Crippen molar-refractivity contribution in [2.75, 3.05) is 26.2 Å². The van der Waals surface area contributed by atoms with Crippen molar-refractivity contribution in [2.45, 2.75) is 44.8 Å². The summed E-state index contributed by atoms with van der Waals surface area (Å²) in [5, 5.41) is 2.88. The zero-order valence-corrected chi connectivity index (χ0v) is 16.0.